The highest BCUT2D eigenvalue weighted by molar-refractivity contribution is 5.46. The largest absolute Gasteiger partial charge is 0.491 e. The zero-order chi connectivity index (χ0) is 16.1. The van der Waals surface area contributed by atoms with E-state index in [9.17, 15) is 5.11 Å². The van der Waals surface area contributed by atoms with Gasteiger partial charge < -0.3 is 19.3 Å². The molecule has 1 heterocycles. The van der Waals surface area contributed by atoms with Gasteiger partial charge in [0, 0.05) is 32.9 Å². The topological polar surface area (TPSA) is 51.2 Å². The van der Waals surface area contributed by atoms with Crippen molar-refractivity contribution in [1.29, 1.82) is 0 Å². The van der Waals surface area contributed by atoms with Crippen molar-refractivity contribution in [2.45, 2.75) is 26.0 Å². The number of methoxy groups -OCH3 is 2. The minimum atomic E-state index is -0.559. The summed E-state index contributed by atoms with van der Waals surface area (Å²) < 4.78 is 16.3. The van der Waals surface area contributed by atoms with Crippen LogP contribution in [0.3, 0.4) is 0 Å². The zero-order valence-corrected chi connectivity index (χ0v) is 14.0. The third-order valence-corrected chi connectivity index (χ3v) is 4.16. The Kier molecular flexibility index (Phi) is 6.20. The first-order valence-corrected chi connectivity index (χ1v) is 7.72. The van der Waals surface area contributed by atoms with Crippen LogP contribution in [0.25, 0.3) is 0 Å². The van der Waals surface area contributed by atoms with Gasteiger partial charge in [-0.3, -0.25) is 4.90 Å². The molecular weight excluding hydrogens is 282 g/mol. The van der Waals surface area contributed by atoms with Gasteiger partial charge >= 0.3 is 0 Å². The summed E-state index contributed by atoms with van der Waals surface area (Å²) in [6.07, 6.45) is -0.559. The molecule has 5 nitrogen and oxygen atoms in total. The summed E-state index contributed by atoms with van der Waals surface area (Å²) in [6.45, 7) is 7.25. The molecule has 22 heavy (non-hydrogen) atoms. The van der Waals surface area contributed by atoms with Crippen molar-refractivity contribution in [2.24, 2.45) is 0 Å². The predicted molar refractivity (Wildman–Crippen MR) is 85.5 cm³/mol. The molecule has 1 aliphatic heterocycles. The summed E-state index contributed by atoms with van der Waals surface area (Å²) in [5.74, 6) is 0.827. The van der Waals surface area contributed by atoms with Gasteiger partial charge in [0.1, 0.15) is 18.5 Å². The van der Waals surface area contributed by atoms with Gasteiger partial charge in [-0.1, -0.05) is 11.6 Å². The van der Waals surface area contributed by atoms with Crippen LogP contribution >= 0.6 is 0 Å². The first-order valence-electron chi connectivity index (χ1n) is 7.72. The van der Waals surface area contributed by atoms with Gasteiger partial charge in [-0.25, -0.2) is 0 Å². The van der Waals surface area contributed by atoms with E-state index in [1.807, 2.05) is 19.9 Å². The number of ether oxygens (including phenoxy) is 3. The maximum absolute atomic E-state index is 10.8. The minimum absolute atomic E-state index is 0.0843. The normalized spacial score (nSPS) is 20.8. The number of aryl methyl sites for hydroxylation is 2. The molecule has 0 spiro atoms. The van der Waals surface area contributed by atoms with Gasteiger partial charge in [-0.05, 0) is 25.5 Å². The summed E-state index contributed by atoms with van der Waals surface area (Å²) in [4.78, 5) is 2.18. The Morgan fingerprint density at radius 3 is 2.41 bits per heavy atom. The molecule has 1 aromatic rings. The molecule has 2 rings (SSSR count). The fraction of sp³-hybridized carbons (Fsp3) is 0.647. The van der Waals surface area contributed by atoms with Crippen LogP contribution in [0.1, 0.15) is 22.8 Å². The van der Waals surface area contributed by atoms with E-state index in [4.69, 9.17) is 14.2 Å². The predicted octanol–water partition coefficient (Wildman–Crippen LogP) is 1.69. The average molecular weight is 309 g/mol. The number of hydrogen-bond donors (Lipinski definition) is 1. The molecule has 2 atom stereocenters. The lowest BCUT2D eigenvalue weighted by molar-refractivity contribution is -0.0148. The molecule has 0 aliphatic carbocycles. The lowest BCUT2D eigenvalue weighted by Crippen LogP contribution is -2.48. The molecule has 2 unspecified atom stereocenters. The first-order chi connectivity index (χ1) is 10.6. The fourth-order valence-electron chi connectivity index (χ4n) is 3.04. The smallest absolute Gasteiger partial charge is 0.128 e. The molecule has 1 N–H and O–H groups in total. The fourth-order valence-corrected chi connectivity index (χ4v) is 3.04. The van der Waals surface area contributed by atoms with Crippen LogP contribution in [0.5, 0.6) is 5.75 Å². The lowest BCUT2D eigenvalue weighted by Gasteiger charge is -2.38. The monoisotopic (exact) mass is 309 g/mol. The molecule has 0 bridgehead atoms. The molecule has 5 heteroatoms. The second kappa shape index (κ2) is 7.92. The van der Waals surface area contributed by atoms with E-state index in [0.29, 0.717) is 19.8 Å². The maximum Gasteiger partial charge on any atom is 0.128 e. The first kappa shape index (κ1) is 17.2. The van der Waals surface area contributed by atoms with Crippen molar-refractivity contribution in [3.05, 3.63) is 28.8 Å². The second-order valence-corrected chi connectivity index (χ2v) is 5.84. The zero-order valence-electron chi connectivity index (χ0n) is 14.0. The molecule has 0 amide bonds. The lowest BCUT2D eigenvalue weighted by atomic mass is 9.94. The highest BCUT2D eigenvalue weighted by Gasteiger charge is 2.34. The number of benzene rings is 1. The van der Waals surface area contributed by atoms with Gasteiger partial charge in [-0.2, -0.15) is 0 Å². The second-order valence-electron chi connectivity index (χ2n) is 5.84. The maximum atomic E-state index is 10.8. The average Bonchev–Trinajstić information content (AvgIpc) is 2.49. The van der Waals surface area contributed by atoms with E-state index in [1.165, 1.54) is 0 Å². The number of aliphatic hydroxyl groups is 1. The van der Waals surface area contributed by atoms with Gasteiger partial charge in [0.2, 0.25) is 0 Å². The molecule has 0 saturated carbocycles. The van der Waals surface area contributed by atoms with Crippen LogP contribution in [0.2, 0.25) is 0 Å². The molecule has 0 fully saturated rings. The van der Waals surface area contributed by atoms with Crippen LogP contribution in [-0.4, -0.2) is 63.2 Å². The standard InChI is InChI=1S/C17H27NO4/c1-12-9-13(2)17-14(10-12)16(19)15(11-22-17)18(5-7-20-3)6-8-21-4/h9-10,15-16,19H,5-8,11H2,1-4H3. The molecule has 0 radical (unpaired) electrons. The number of fused-ring (bicyclic) bond motifs is 1. The van der Waals surface area contributed by atoms with Crippen molar-refractivity contribution in [3.8, 4) is 5.75 Å². The Morgan fingerprint density at radius 1 is 1.18 bits per heavy atom. The van der Waals surface area contributed by atoms with Crippen molar-refractivity contribution in [3.63, 3.8) is 0 Å². The molecule has 0 saturated heterocycles. The van der Waals surface area contributed by atoms with E-state index in [-0.39, 0.29) is 6.04 Å². The highest BCUT2D eigenvalue weighted by atomic mass is 16.5. The van der Waals surface area contributed by atoms with Crippen molar-refractivity contribution >= 4 is 0 Å². The summed E-state index contributed by atoms with van der Waals surface area (Å²) >= 11 is 0. The quantitative estimate of drug-likeness (QED) is 0.831. The number of rotatable bonds is 7. The Hall–Kier alpha value is -1.14. The number of hydrogen-bond acceptors (Lipinski definition) is 5. The third kappa shape index (κ3) is 3.79. The van der Waals surface area contributed by atoms with E-state index >= 15 is 0 Å². The van der Waals surface area contributed by atoms with Crippen molar-refractivity contribution in [2.75, 3.05) is 47.1 Å². The van der Waals surface area contributed by atoms with Gasteiger partial charge in [0.25, 0.3) is 0 Å². The van der Waals surface area contributed by atoms with Gasteiger partial charge in [0.05, 0.1) is 19.3 Å². The van der Waals surface area contributed by atoms with E-state index < -0.39 is 6.10 Å². The Bertz CT molecular complexity index is 484. The summed E-state index contributed by atoms with van der Waals surface area (Å²) in [7, 11) is 3.37. The van der Waals surface area contributed by atoms with Crippen LogP contribution in [0, 0.1) is 13.8 Å². The number of aliphatic hydroxyl groups excluding tert-OH is 1. The van der Waals surface area contributed by atoms with Crippen LogP contribution < -0.4 is 4.74 Å². The van der Waals surface area contributed by atoms with Crippen LogP contribution in [-0.2, 0) is 9.47 Å². The summed E-state index contributed by atoms with van der Waals surface area (Å²) in [6, 6.07) is 4.02. The van der Waals surface area contributed by atoms with Crippen LogP contribution in [0.4, 0.5) is 0 Å². The third-order valence-electron chi connectivity index (χ3n) is 4.16. The van der Waals surface area contributed by atoms with Gasteiger partial charge in [0.15, 0.2) is 0 Å². The molecule has 1 aromatic carbocycles. The SMILES string of the molecule is COCCN(CCOC)C1COc2c(C)cc(C)cc2C1O. The van der Waals surface area contributed by atoms with Crippen LogP contribution in [0.15, 0.2) is 12.1 Å². The molecular formula is C17H27NO4. The Morgan fingerprint density at radius 2 is 1.82 bits per heavy atom. The summed E-state index contributed by atoms with van der Waals surface area (Å²) in [5, 5.41) is 10.8. The highest BCUT2D eigenvalue weighted by Crippen LogP contribution is 2.37. The van der Waals surface area contributed by atoms with Crippen molar-refractivity contribution < 1.29 is 19.3 Å². The Balaban J connectivity index is 2.20. The van der Waals surface area contributed by atoms with Crippen molar-refractivity contribution in [1.82, 2.24) is 4.90 Å². The molecule has 124 valence electrons. The summed E-state index contributed by atoms with van der Waals surface area (Å²) in [5.41, 5.74) is 3.10. The molecule has 1 aliphatic rings. The number of nitrogens with zero attached hydrogens (tertiary/aromatic N) is 1. The Labute approximate surface area is 132 Å². The minimum Gasteiger partial charge on any atom is -0.491 e. The van der Waals surface area contributed by atoms with E-state index in [2.05, 4.69) is 11.0 Å². The van der Waals surface area contributed by atoms with E-state index in [1.54, 1.807) is 14.2 Å². The van der Waals surface area contributed by atoms with Gasteiger partial charge in [-0.15, -0.1) is 0 Å². The van der Waals surface area contributed by atoms with E-state index in [0.717, 1.165) is 35.5 Å². The molecule has 0 aromatic heterocycles.